The van der Waals surface area contributed by atoms with Crippen LogP contribution in [0.3, 0.4) is 0 Å². The van der Waals surface area contributed by atoms with Gasteiger partial charge in [0.1, 0.15) is 0 Å². The number of morpholine rings is 1. The van der Waals surface area contributed by atoms with Gasteiger partial charge >= 0.3 is 0 Å². The van der Waals surface area contributed by atoms with Crippen LogP contribution < -0.4 is 5.32 Å². The molecule has 1 fully saturated rings. The van der Waals surface area contributed by atoms with Gasteiger partial charge in [-0.05, 0) is 37.9 Å². The number of nitrogens with zero attached hydrogens (tertiary/aromatic N) is 1. The molecule has 1 saturated heterocycles. The first-order valence-electron chi connectivity index (χ1n) is 7.41. The van der Waals surface area contributed by atoms with Crippen LogP contribution in [0.25, 0.3) is 0 Å². The minimum absolute atomic E-state index is 0.347. The predicted octanol–water partition coefficient (Wildman–Crippen LogP) is 2.33. The summed E-state index contributed by atoms with van der Waals surface area (Å²) in [5.74, 6) is 0. The normalized spacial score (nSPS) is 32.6. The zero-order valence-corrected chi connectivity index (χ0v) is 11.9. The van der Waals surface area contributed by atoms with Crippen molar-refractivity contribution in [2.45, 2.75) is 45.0 Å². The minimum Gasteiger partial charge on any atom is -0.376 e. The van der Waals surface area contributed by atoms with Gasteiger partial charge in [0.25, 0.3) is 0 Å². The average Bonchev–Trinajstić information content (AvgIpc) is 2.64. The fourth-order valence-electron chi connectivity index (χ4n) is 3.35. The summed E-state index contributed by atoms with van der Waals surface area (Å²) < 4.78 is 5.77. The summed E-state index contributed by atoms with van der Waals surface area (Å²) in [4.78, 5) is 2.64. The van der Waals surface area contributed by atoms with E-state index in [1.54, 1.807) is 0 Å². The number of benzene rings is 1. The van der Waals surface area contributed by atoms with Crippen molar-refractivity contribution in [2.24, 2.45) is 0 Å². The molecular formula is C16H24N2O. The van der Waals surface area contributed by atoms with Crippen LogP contribution in [0.2, 0.25) is 0 Å². The fourth-order valence-corrected chi connectivity index (χ4v) is 3.35. The van der Waals surface area contributed by atoms with E-state index < -0.39 is 0 Å². The number of hydrogen-bond donors (Lipinski definition) is 1. The topological polar surface area (TPSA) is 24.5 Å². The maximum absolute atomic E-state index is 5.77. The van der Waals surface area contributed by atoms with Gasteiger partial charge in [-0.1, -0.05) is 24.3 Å². The molecule has 3 unspecified atom stereocenters. The molecule has 1 N–H and O–H groups in total. The van der Waals surface area contributed by atoms with Crippen LogP contribution >= 0.6 is 0 Å². The molecule has 1 aromatic rings. The van der Waals surface area contributed by atoms with E-state index in [4.69, 9.17) is 4.74 Å². The second kappa shape index (κ2) is 5.61. The van der Waals surface area contributed by atoms with Crippen LogP contribution in [0.1, 0.15) is 37.4 Å². The van der Waals surface area contributed by atoms with Crippen LogP contribution in [0.15, 0.2) is 24.3 Å². The highest BCUT2D eigenvalue weighted by molar-refractivity contribution is 5.31. The number of nitrogens with one attached hydrogen (secondary N) is 1. The molecular weight excluding hydrogens is 236 g/mol. The third kappa shape index (κ3) is 2.69. The number of hydrogen-bond acceptors (Lipinski definition) is 3. The molecule has 2 heterocycles. The summed E-state index contributed by atoms with van der Waals surface area (Å²) in [5, 5.41) is 3.54. The Morgan fingerprint density at radius 1 is 1.26 bits per heavy atom. The van der Waals surface area contributed by atoms with Crippen molar-refractivity contribution >= 4 is 0 Å². The van der Waals surface area contributed by atoms with Gasteiger partial charge in [-0.25, -0.2) is 0 Å². The Kier molecular flexibility index (Phi) is 3.87. The van der Waals surface area contributed by atoms with Crippen LogP contribution in [0.4, 0.5) is 0 Å². The Labute approximate surface area is 115 Å². The molecule has 0 radical (unpaired) electrons. The van der Waals surface area contributed by atoms with Gasteiger partial charge in [-0.15, -0.1) is 0 Å². The molecule has 0 spiro atoms. The molecule has 3 atom stereocenters. The highest BCUT2D eigenvalue weighted by Crippen LogP contribution is 2.32. The highest BCUT2D eigenvalue weighted by Gasteiger charge is 2.32. The molecule has 1 aromatic carbocycles. The van der Waals surface area contributed by atoms with E-state index in [1.807, 2.05) is 0 Å². The SMILES string of the molecule is CC1CN(C2CCNCc3ccccc32)C(C)CO1. The lowest BCUT2D eigenvalue weighted by Gasteiger charge is -2.42. The fraction of sp³-hybridized carbons (Fsp3) is 0.625. The van der Waals surface area contributed by atoms with Crippen molar-refractivity contribution in [3.8, 4) is 0 Å². The predicted molar refractivity (Wildman–Crippen MR) is 77.1 cm³/mol. The Bertz CT molecular complexity index is 435. The standard InChI is InChI=1S/C16H24N2O/c1-12-11-19-13(2)10-18(12)16-7-8-17-9-14-5-3-4-6-15(14)16/h3-6,12-13,16-17H,7-11H2,1-2H3. The monoisotopic (exact) mass is 260 g/mol. The van der Waals surface area contributed by atoms with E-state index in [1.165, 1.54) is 17.5 Å². The lowest BCUT2D eigenvalue weighted by molar-refractivity contribution is -0.0676. The van der Waals surface area contributed by atoms with E-state index in [-0.39, 0.29) is 0 Å². The summed E-state index contributed by atoms with van der Waals surface area (Å²) in [6.45, 7) is 8.46. The third-order valence-electron chi connectivity index (χ3n) is 4.38. The van der Waals surface area contributed by atoms with Gasteiger partial charge in [0.15, 0.2) is 0 Å². The Morgan fingerprint density at radius 3 is 3.00 bits per heavy atom. The van der Waals surface area contributed by atoms with Gasteiger partial charge < -0.3 is 10.1 Å². The van der Waals surface area contributed by atoms with E-state index in [0.29, 0.717) is 18.2 Å². The molecule has 3 rings (SSSR count). The van der Waals surface area contributed by atoms with Gasteiger partial charge in [-0.3, -0.25) is 4.90 Å². The van der Waals surface area contributed by atoms with Crippen LogP contribution in [0, 0.1) is 0 Å². The average molecular weight is 260 g/mol. The van der Waals surface area contributed by atoms with E-state index in [9.17, 15) is 0 Å². The molecule has 2 aliphatic rings. The second-order valence-corrected chi connectivity index (χ2v) is 5.87. The quantitative estimate of drug-likeness (QED) is 0.839. The van der Waals surface area contributed by atoms with Crippen LogP contribution in [0.5, 0.6) is 0 Å². The van der Waals surface area contributed by atoms with Crippen molar-refractivity contribution in [2.75, 3.05) is 19.7 Å². The third-order valence-corrected chi connectivity index (χ3v) is 4.38. The molecule has 0 amide bonds. The molecule has 0 aromatic heterocycles. The Hall–Kier alpha value is -0.900. The van der Waals surface area contributed by atoms with Crippen molar-refractivity contribution in [1.82, 2.24) is 10.2 Å². The number of ether oxygens (including phenoxy) is 1. The largest absolute Gasteiger partial charge is 0.376 e. The summed E-state index contributed by atoms with van der Waals surface area (Å²) in [6, 6.07) is 9.93. The maximum Gasteiger partial charge on any atom is 0.0675 e. The van der Waals surface area contributed by atoms with Gasteiger partial charge in [0.05, 0.1) is 12.7 Å². The first-order chi connectivity index (χ1) is 9.25. The van der Waals surface area contributed by atoms with Crippen molar-refractivity contribution in [3.63, 3.8) is 0 Å². The van der Waals surface area contributed by atoms with Gasteiger partial charge in [0, 0.05) is 25.2 Å². The van der Waals surface area contributed by atoms with E-state index in [0.717, 1.165) is 26.2 Å². The van der Waals surface area contributed by atoms with Crippen molar-refractivity contribution in [1.29, 1.82) is 0 Å². The van der Waals surface area contributed by atoms with E-state index >= 15 is 0 Å². The minimum atomic E-state index is 0.347. The second-order valence-electron chi connectivity index (χ2n) is 5.87. The Balaban J connectivity index is 1.90. The highest BCUT2D eigenvalue weighted by atomic mass is 16.5. The molecule has 0 bridgehead atoms. The van der Waals surface area contributed by atoms with Gasteiger partial charge in [-0.2, -0.15) is 0 Å². The Morgan fingerprint density at radius 2 is 2.11 bits per heavy atom. The summed E-state index contributed by atoms with van der Waals surface area (Å²) in [5.41, 5.74) is 2.96. The number of fused-ring (bicyclic) bond motifs is 1. The summed E-state index contributed by atoms with van der Waals surface area (Å²) in [7, 11) is 0. The lowest BCUT2D eigenvalue weighted by atomic mass is 9.96. The smallest absolute Gasteiger partial charge is 0.0675 e. The van der Waals surface area contributed by atoms with Crippen molar-refractivity contribution in [3.05, 3.63) is 35.4 Å². The van der Waals surface area contributed by atoms with E-state index in [2.05, 4.69) is 48.3 Å². The molecule has 3 heteroatoms. The molecule has 19 heavy (non-hydrogen) atoms. The summed E-state index contributed by atoms with van der Waals surface area (Å²) >= 11 is 0. The lowest BCUT2D eigenvalue weighted by Crippen LogP contribution is -2.49. The van der Waals surface area contributed by atoms with Crippen LogP contribution in [-0.4, -0.2) is 36.7 Å². The zero-order chi connectivity index (χ0) is 13.2. The maximum atomic E-state index is 5.77. The molecule has 3 nitrogen and oxygen atoms in total. The first-order valence-corrected chi connectivity index (χ1v) is 7.41. The zero-order valence-electron chi connectivity index (χ0n) is 11.9. The number of rotatable bonds is 1. The molecule has 2 aliphatic heterocycles. The van der Waals surface area contributed by atoms with Crippen LogP contribution in [-0.2, 0) is 11.3 Å². The molecule has 0 aliphatic carbocycles. The first kappa shape index (κ1) is 13.1. The molecule has 0 saturated carbocycles. The van der Waals surface area contributed by atoms with Gasteiger partial charge in [0.2, 0.25) is 0 Å². The van der Waals surface area contributed by atoms with Crippen molar-refractivity contribution < 1.29 is 4.74 Å². The summed E-state index contributed by atoms with van der Waals surface area (Å²) in [6.07, 6.45) is 1.54. The molecule has 104 valence electrons.